The molecular weight excluding hydrogens is 274 g/mol. The molecule has 0 aliphatic carbocycles. The first-order chi connectivity index (χ1) is 9.13. The molecule has 2 aromatic rings. The second kappa shape index (κ2) is 6.07. The Balaban J connectivity index is 2.03. The van der Waals surface area contributed by atoms with Crippen LogP contribution >= 0.6 is 11.8 Å². The molecule has 0 radical (unpaired) electrons. The summed E-state index contributed by atoms with van der Waals surface area (Å²) in [6.07, 6.45) is 0. The molecule has 102 valence electrons. The van der Waals surface area contributed by atoms with Crippen molar-refractivity contribution in [2.24, 2.45) is 0 Å². The Morgan fingerprint density at radius 1 is 1.26 bits per heavy atom. The Labute approximate surface area is 112 Å². The van der Waals surface area contributed by atoms with Gasteiger partial charge in [-0.3, -0.25) is 0 Å². The van der Waals surface area contributed by atoms with Crippen LogP contribution in [0.3, 0.4) is 0 Å². The Hall–Kier alpha value is -1.54. The van der Waals surface area contributed by atoms with Gasteiger partial charge in [-0.15, -0.1) is 5.10 Å². The van der Waals surface area contributed by atoms with Gasteiger partial charge in [-0.2, -0.15) is 0 Å². The zero-order valence-corrected chi connectivity index (χ0v) is 10.7. The second-order valence-corrected chi connectivity index (χ2v) is 4.71. The fraction of sp³-hybridized carbons (Fsp3) is 0.364. The maximum atomic E-state index is 13.9. The minimum atomic E-state index is -2.96. The molecule has 2 rings (SSSR count). The van der Waals surface area contributed by atoms with Crippen molar-refractivity contribution >= 4 is 11.8 Å². The van der Waals surface area contributed by atoms with Gasteiger partial charge in [-0.05, 0) is 10.4 Å². The van der Waals surface area contributed by atoms with Crippen molar-refractivity contribution in [3.05, 3.63) is 35.9 Å². The van der Waals surface area contributed by atoms with Crippen molar-refractivity contribution in [2.45, 2.75) is 17.6 Å². The van der Waals surface area contributed by atoms with Crippen LogP contribution < -0.4 is 0 Å². The normalized spacial score (nSPS) is 11.7. The van der Waals surface area contributed by atoms with Gasteiger partial charge in [0.25, 0.3) is 5.92 Å². The van der Waals surface area contributed by atoms with Gasteiger partial charge in [0.15, 0.2) is 0 Å². The van der Waals surface area contributed by atoms with E-state index in [1.807, 2.05) is 0 Å². The molecule has 0 aliphatic rings. The highest BCUT2D eigenvalue weighted by Gasteiger charge is 2.32. The lowest BCUT2D eigenvalue weighted by Crippen LogP contribution is -2.17. The summed E-state index contributed by atoms with van der Waals surface area (Å²) in [6, 6.07) is 7.61. The monoisotopic (exact) mass is 286 g/mol. The van der Waals surface area contributed by atoms with Crippen molar-refractivity contribution in [1.29, 1.82) is 0 Å². The maximum Gasteiger partial charge on any atom is 0.282 e. The highest BCUT2D eigenvalue weighted by Crippen LogP contribution is 2.33. The number of hydrogen-bond acceptors (Lipinski definition) is 5. The number of nitrogens with zero attached hydrogens (tertiary/aromatic N) is 4. The number of rotatable bonds is 6. The van der Waals surface area contributed by atoms with E-state index in [1.165, 1.54) is 16.8 Å². The smallest absolute Gasteiger partial charge is 0.282 e. The van der Waals surface area contributed by atoms with Gasteiger partial charge in [-0.1, -0.05) is 42.1 Å². The molecule has 1 heterocycles. The molecule has 1 N–H and O–H groups in total. The number of thioether (sulfide) groups is 1. The minimum absolute atomic E-state index is 0.0383. The number of aromatic nitrogens is 4. The summed E-state index contributed by atoms with van der Waals surface area (Å²) in [5.74, 6) is -3.41. The molecule has 0 aliphatic heterocycles. The number of aliphatic hydroxyl groups excluding tert-OH is 1. The average molecular weight is 286 g/mol. The van der Waals surface area contributed by atoms with E-state index in [0.717, 1.165) is 11.8 Å². The van der Waals surface area contributed by atoms with Crippen LogP contribution in [0.15, 0.2) is 35.5 Å². The molecule has 1 aromatic carbocycles. The van der Waals surface area contributed by atoms with Crippen LogP contribution in [-0.2, 0) is 12.5 Å². The third kappa shape index (κ3) is 3.48. The highest BCUT2D eigenvalue weighted by molar-refractivity contribution is 7.99. The molecule has 5 nitrogen and oxygen atoms in total. The van der Waals surface area contributed by atoms with E-state index < -0.39 is 11.7 Å². The van der Waals surface area contributed by atoms with Crippen LogP contribution in [0.25, 0.3) is 0 Å². The number of aliphatic hydroxyl groups is 1. The first-order valence-corrected chi connectivity index (χ1v) is 6.55. The van der Waals surface area contributed by atoms with Crippen LogP contribution in [0.2, 0.25) is 0 Å². The Kier molecular flexibility index (Phi) is 4.43. The summed E-state index contributed by atoms with van der Waals surface area (Å²) in [7, 11) is 0. The Morgan fingerprint density at radius 2 is 2.00 bits per heavy atom. The van der Waals surface area contributed by atoms with Crippen LogP contribution in [0.5, 0.6) is 0 Å². The molecule has 0 fully saturated rings. The van der Waals surface area contributed by atoms with Crippen molar-refractivity contribution in [2.75, 3.05) is 12.4 Å². The Morgan fingerprint density at radius 3 is 2.68 bits per heavy atom. The van der Waals surface area contributed by atoms with Gasteiger partial charge >= 0.3 is 0 Å². The quantitative estimate of drug-likeness (QED) is 0.816. The lowest BCUT2D eigenvalue weighted by atomic mass is 10.1. The fourth-order valence-electron chi connectivity index (χ4n) is 1.46. The van der Waals surface area contributed by atoms with Crippen molar-refractivity contribution in [3.63, 3.8) is 0 Å². The molecule has 0 unspecified atom stereocenters. The SMILES string of the molecule is OCCn1nnnc1SCC(F)(F)c1ccccc1. The van der Waals surface area contributed by atoms with Crippen LogP contribution in [0.1, 0.15) is 5.56 Å². The van der Waals surface area contributed by atoms with E-state index in [4.69, 9.17) is 5.11 Å². The molecular formula is C11H12F2N4OS. The topological polar surface area (TPSA) is 63.8 Å². The number of hydrogen-bond donors (Lipinski definition) is 1. The van der Waals surface area contributed by atoms with E-state index in [1.54, 1.807) is 18.2 Å². The van der Waals surface area contributed by atoms with E-state index in [2.05, 4.69) is 15.5 Å². The molecule has 0 amide bonds. The molecule has 0 spiro atoms. The molecule has 0 saturated heterocycles. The Bertz CT molecular complexity index is 520. The number of halogens is 2. The van der Waals surface area contributed by atoms with Crippen molar-refractivity contribution in [3.8, 4) is 0 Å². The van der Waals surface area contributed by atoms with Crippen LogP contribution in [0, 0.1) is 0 Å². The van der Waals surface area contributed by atoms with Gasteiger partial charge < -0.3 is 5.11 Å². The molecule has 19 heavy (non-hydrogen) atoms. The molecule has 0 saturated carbocycles. The first kappa shape index (κ1) is 13.9. The van der Waals surface area contributed by atoms with Gasteiger partial charge in [0.05, 0.1) is 18.9 Å². The second-order valence-electron chi connectivity index (χ2n) is 3.77. The lowest BCUT2D eigenvalue weighted by molar-refractivity contribution is 0.0231. The van der Waals surface area contributed by atoms with E-state index in [9.17, 15) is 8.78 Å². The molecule has 0 bridgehead atoms. The van der Waals surface area contributed by atoms with Gasteiger partial charge in [0, 0.05) is 5.56 Å². The average Bonchev–Trinajstić information content (AvgIpc) is 2.86. The standard InChI is InChI=1S/C11H12F2N4OS/c12-11(13,9-4-2-1-3-5-9)8-19-10-14-15-16-17(10)6-7-18/h1-5,18H,6-8H2. The lowest BCUT2D eigenvalue weighted by Gasteiger charge is -2.15. The summed E-state index contributed by atoms with van der Waals surface area (Å²) in [5.41, 5.74) is -0.0383. The van der Waals surface area contributed by atoms with Crippen LogP contribution in [0.4, 0.5) is 8.78 Å². The third-order valence-electron chi connectivity index (χ3n) is 2.39. The number of tetrazole rings is 1. The van der Waals surface area contributed by atoms with E-state index in [0.29, 0.717) is 0 Å². The summed E-state index contributed by atoms with van der Waals surface area (Å²) < 4.78 is 29.1. The number of alkyl halides is 2. The number of benzene rings is 1. The van der Waals surface area contributed by atoms with Gasteiger partial charge in [-0.25, -0.2) is 13.5 Å². The van der Waals surface area contributed by atoms with Crippen molar-refractivity contribution < 1.29 is 13.9 Å². The summed E-state index contributed by atoms with van der Waals surface area (Å²) in [6.45, 7) is 0.0416. The highest BCUT2D eigenvalue weighted by atomic mass is 32.2. The summed E-state index contributed by atoms with van der Waals surface area (Å²) in [5, 5.41) is 19.7. The zero-order valence-electron chi connectivity index (χ0n) is 9.91. The van der Waals surface area contributed by atoms with E-state index in [-0.39, 0.29) is 23.9 Å². The molecule has 0 atom stereocenters. The third-order valence-corrected chi connectivity index (χ3v) is 3.45. The first-order valence-electron chi connectivity index (χ1n) is 5.56. The minimum Gasteiger partial charge on any atom is -0.394 e. The van der Waals surface area contributed by atoms with Crippen LogP contribution in [-0.4, -0.2) is 37.7 Å². The largest absolute Gasteiger partial charge is 0.394 e. The zero-order chi connectivity index (χ0) is 13.7. The van der Waals surface area contributed by atoms with E-state index >= 15 is 0 Å². The molecule has 1 aromatic heterocycles. The van der Waals surface area contributed by atoms with Gasteiger partial charge in [0.2, 0.25) is 5.16 Å². The van der Waals surface area contributed by atoms with Gasteiger partial charge in [0.1, 0.15) is 0 Å². The maximum absolute atomic E-state index is 13.9. The molecule has 8 heteroatoms. The predicted octanol–water partition coefficient (Wildman–Crippen LogP) is 1.55. The summed E-state index contributed by atoms with van der Waals surface area (Å²) in [4.78, 5) is 0. The predicted molar refractivity (Wildman–Crippen MR) is 66.0 cm³/mol. The summed E-state index contributed by atoms with van der Waals surface area (Å²) >= 11 is 0.861. The van der Waals surface area contributed by atoms with Crippen molar-refractivity contribution in [1.82, 2.24) is 20.2 Å². The fourth-order valence-corrected chi connectivity index (χ4v) is 2.30.